The molecule has 0 saturated heterocycles. The number of halogens is 3. The van der Waals surface area contributed by atoms with Gasteiger partial charge in [-0.25, -0.2) is 4.98 Å². The standard InChI is InChI=1S/C8H11BF3N2/c1-6-4-8(14(2)3)13-5-7(6)9(10,11)12/h4-5H,1-3H3/q-1. The van der Waals surface area contributed by atoms with Gasteiger partial charge >= 0.3 is 6.98 Å². The maximum atomic E-state index is 12.4. The molecule has 0 fully saturated rings. The van der Waals surface area contributed by atoms with Gasteiger partial charge in [0.2, 0.25) is 0 Å². The quantitative estimate of drug-likeness (QED) is 0.677. The average Bonchev–Trinajstić information content (AvgIpc) is 2.01. The number of pyridine rings is 1. The molecule has 0 N–H and O–H groups in total. The molecule has 0 aromatic carbocycles. The Morgan fingerprint density at radius 3 is 2.21 bits per heavy atom. The number of rotatable bonds is 2. The van der Waals surface area contributed by atoms with Crippen LogP contribution in [-0.4, -0.2) is 26.1 Å². The molecular formula is C8H11BF3N2-. The van der Waals surface area contributed by atoms with Crippen molar-refractivity contribution in [3.8, 4) is 0 Å². The molecule has 0 spiro atoms. The lowest BCUT2D eigenvalue weighted by Crippen LogP contribution is -2.36. The first-order chi connectivity index (χ1) is 6.32. The van der Waals surface area contributed by atoms with Gasteiger partial charge in [0.15, 0.2) is 0 Å². The van der Waals surface area contributed by atoms with Gasteiger partial charge in [0.05, 0.1) is 0 Å². The molecule has 0 aliphatic rings. The lowest BCUT2D eigenvalue weighted by Gasteiger charge is -2.19. The molecule has 0 amide bonds. The fraction of sp³-hybridized carbons (Fsp3) is 0.375. The summed E-state index contributed by atoms with van der Waals surface area (Å²) in [5.74, 6) is 0.534. The Bertz CT molecular complexity index is 336. The van der Waals surface area contributed by atoms with Gasteiger partial charge in [0.25, 0.3) is 0 Å². The number of aromatic nitrogens is 1. The maximum absolute atomic E-state index is 12.4. The molecule has 1 heterocycles. The summed E-state index contributed by atoms with van der Waals surface area (Å²) >= 11 is 0. The van der Waals surface area contributed by atoms with Crippen LogP contribution in [0.25, 0.3) is 0 Å². The predicted octanol–water partition coefficient (Wildman–Crippen LogP) is 1.51. The maximum Gasteiger partial charge on any atom is 0.511 e. The van der Waals surface area contributed by atoms with Gasteiger partial charge in [-0.05, 0) is 13.0 Å². The summed E-state index contributed by atoms with van der Waals surface area (Å²) in [6.07, 6.45) is 0.894. The van der Waals surface area contributed by atoms with Crippen molar-refractivity contribution in [3.63, 3.8) is 0 Å². The third-order valence-electron chi connectivity index (χ3n) is 1.95. The molecule has 0 saturated carbocycles. The SMILES string of the molecule is Cc1cc(N(C)C)ncc1[B-](F)(F)F. The summed E-state index contributed by atoms with van der Waals surface area (Å²) in [4.78, 5) is 5.39. The second-order valence-electron chi connectivity index (χ2n) is 3.37. The van der Waals surface area contributed by atoms with Gasteiger partial charge in [-0.3, -0.25) is 0 Å². The van der Waals surface area contributed by atoms with Crippen molar-refractivity contribution in [3.05, 3.63) is 17.8 Å². The zero-order valence-electron chi connectivity index (χ0n) is 8.26. The summed E-state index contributed by atoms with van der Waals surface area (Å²) in [5, 5.41) is 0. The zero-order valence-corrected chi connectivity index (χ0v) is 8.26. The highest BCUT2D eigenvalue weighted by Crippen LogP contribution is 2.14. The number of hydrogen-bond acceptors (Lipinski definition) is 2. The minimum Gasteiger partial charge on any atom is -0.445 e. The average molecular weight is 203 g/mol. The fourth-order valence-electron chi connectivity index (χ4n) is 1.14. The molecule has 0 aliphatic heterocycles. The molecule has 0 bridgehead atoms. The summed E-state index contributed by atoms with van der Waals surface area (Å²) in [6, 6.07) is 1.44. The summed E-state index contributed by atoms with van der Waals surface area (Å²) in [7, 11) is 3.47. The zero-order chi connectivity index (χ0) is 10.9. The molecular weight excluding hydrogens is 192 g/mol. The summed E-state index contributed by atoms with van der Waals surface area (Å²) < 4.78 is 37.2. The number of aryl methyl sites for hydroxylation is 1. The molecule has 78 valence electrons. The highest BCUT2D eigenvalue weighted by molar-refractivity contribution is 6.73. The third kappa shape index (κ3) is 2.18. The van der Waals surface area contributed by atoms with Crippen LogP contribution in [0.2, 0.25) is 0 Å². The second kappa shape index (κ2) is 3.51. The van der Waals surface area contributed by atoms with E-state index in [0.717, 1.165) is 6.20 Å². The van der Waals surface area contributed by atoms with Crippen molar-refractivity contribution in [2.45, 2.75) is 6.92 Å². The molecule has 0 radical (unpaired) electrons. The van der Waals surface area contributed by atoms with E-state index in [0.29, 0.717) is 5.82 Å². The van der Waals surface area contributed by atoms with E-state index >= 15 is 0 Å². The highest BCUT2D eigenvalue weighted by atomic mass is 19.4. The monoisotopic (exact) mass is 203 g/mol. The van der Waals surface area contributed by atoms with Crippen molar-refractivity contribution in [2.75, 3.05) is 19.0 Å². The van der Waals surface area contributed by atoms with Crippen LogP contribution in [0.1, 0.15) is 5.56 Å². The first-order valence-electron chi connectivity index (χ1n) is 4.16. The van der Waals surface area contributed by atoms with Crippen LogP contribution in [-0.2, 0) is 0 Å². The van der Waals surface area contributed by atoms with Gasteiger partial charge < -0.3 is 17.8 Å². The third-order valence-corrected chi connectivity index (χ3v) is 1.95. The van der Waals surface area contributed by atoms with E-state index < -0.39 is 12.4 Å². The van der Waals surface area contributed by atoms with E-state index in [1.54, 1.807) is 19.0 Å². The van der Waals surface area contributed by atoms with E-state index in [2.05, 4.69) is 4.98 Å². The normalized spacial score (nSPS) is 11.6. The number of nitrogens with zero attached hydrogens (tertiary/aromatic N) is 2. The van der Waals surface area contributed by atoms with E-state index in [1.807, 2.05) is 0 Å². The Labute approximate surface area is 80.8 Å². The van der Waals surface area contributed by atoms with E-state index in [4.69, 9.17) is 0 Å². The molecule has 1 aromatic heterocycles. The van der Waals surface area contributed by atoms with Crippen molar-refractivity contribution in [1.29, 1.82) is 0 Å². The Kier molecular flexibility index (Phi) is 2.73. The molecule has 0 atom stereocenters. The predicted molar refractivity (Wildman–Crippen MR) is 52.0 cm³/mol. The van der Waals surface area contributed by atoms with Gasteiger partial charge in [0, 0.05) is 20.3 Å². The van der Waals surface area contributed by atoms with Crippen LogP contribution in [0.5, 0.6) is 0 Å². The van der Waals surface area contributed by atoms with Crippen LogP contribution < -0.4 is 10.4 Å². The first kappa shape index (κ1) is 10.9. The molecule has 1 aromatic rings. The minimum absolute atomic E-state index is 0.219. The summed E-state index contributed by atoms with van der Waals surface area (Å²) in [6.45, 7) is -3.50. The lowest BCUT2D eigenvalue weighted by atomic mass is 9.78. The van der Waals surface area contributed by atoms with Crippen molar-refractivity contribution in [1.82, 2.24) is 4.98 Å². The van der Waals surface area contributed by atoms with E-state index in [-0.39, 0.29) is 5.56 Å². The van der Waals surface area contributed by atoms with Gasteiger partial charge in [-0.1, -0.05) is 11.0 Å². The molecule has 14 heavy (non-hydrogen) atoms. The van der Waals surface area contributed by atoms with Crippen LogP contribution in [0.4, 0.5) is 18.8 Å². The number of anilines is 1. The molecule has 2 nitrogen and oxygen atoms in total. The topological polar surface area (TPSA) is 16.1 Å². The van der Waals surface area contributed by atoms with Crippen molar-refractivity contribution < 1.29 is 12.9 Å². The Hall–Kier alpha value is -1.20. The second-order valence-corrected chi connectivity index (χ2v) is 3.37. The highest BCUT2D eigenvalue weighted by Gasteiger charge is 2.27. The minimum atomic E-state index is -4.95. The van der Waals surface area contributed by atoms with E-state index in [9.17, 15) is 12.9 Å². The molecule has 0 unspecified atom stereocenters. The molecule has 1 rings (SSSR count). The Morgan fingerprint density at radius 2 is 1.86 bits per heavy atom. The first-order valence-corrected chi connectivity index (χ1v) is 4.16. The van der Waals surface area contributed by atoms with Gasteiger partial charge in [-0.15, -0.1) is 0 Å². The Morgan fingerprint density at radius 1 is 1.29 bits per heavy atom. The molecule has 0 aliphatic carbocycles. The van der Waals surface area contributed by atoms with Crippen LogP contribution in [0.3, 0.4) is 0 Å². The fourth-order valence-corrected chi connectivity index (χ4v) is 1.14. The van der Waals surface area contributed by atoms with Crippen molar-refractivity contribution in [2.24, 2.45) is 0 Å². The van der Waals surface area contributed by atoms with Crippen LogP contribution in [0, 0.1) is 6.92 Å². The van der Waals surface area contributed by atoms with Crippen LogP contribution in [0.15, 0.2) is 12.3 Å². The van der Waals surface area contributed by atoms with Crippen LogP contribution >= 0.6 is 0 Å². The Balaban J connectivity index is 3.15. The number of hydrogen-bond donors (Lipinski definition) is 0. The largest absolute Gasteiger partial charge is 0.511 e. The smallest absolute Gasteiger partial charge is 0.445 e. The van der Waals surface area contributed by atoms with Crippen molar-refractivity contribution >= 4 is 18.3 Å². The molecule has 6 heteroatoms. The van der Waals surface area contributed by atoms with Gasteiger partial charge in [-0.2, -0.15) is 0 Å². The van der Waals surface area contributed by atoms with E-state index in [1.165, 1.54) is 13.0 Å². The lowest BCUT2D eigenvalue weighted by molar-refractivity contribution is 0.500. The van der Waals surface area contributed by atoms with Gasteiger partial charge in [0.1, 0.15) is 5.82 Å². The summed E-state index contributed by atoms with van der Waals surface area (Å²) in [5.41, 5.74) is -0.396.